The first kappa shape index (κ1) is 18.1. The Hall–Kier alpha value is -2.27. The summed E-state index contributed by atoms with van der Waals surface area (Å²) in [6.07, 6.45) is 0. The summed E-state index contributed by atoms with van der Waals surface area (Å²) in [5.74, 6) is -0.321. The topological polar surface area (TPSA) is 58.2 Å². The van der Waals surface area contributed by atoms with Crippen molar-refractivity contribution >= 4 is 29.3 Å². The summed E-state index contributed by atoms with van der Waals surface area (Å²) in [5, 5.41) is 5.44. The molecule has 2 N–H and O–H groups in total. The Kier molecular flexibility index (Phi) is 6.44. The van der Waals surface area contributed by atoms with Crippen molar-refractivity contribution < 1.29 is 9.59 Å². The predicted octanol–water partition coefficient (Wildman–Crippen LogP) is 3.94. The lowest BCUT2D eigenvalue weighted by Crippen LogP contribution is -2.31. The Morgan fingerprint density at radius 3 is 2.21 bits per heavy atom. The van der Waals surface area contributed by atoms with Crippen molar-refractivity contribution in [2.75, 3.05) is 5.32 Å². The summed E-state index contributed by atoms with van der Waals surface area (Å²) in [7, 11) is 0. The first-order valence-electron chi connectivity index (χ1n) is 7.90. The number of para-hydroxylation sites is 1. The highest BCUT2D eigenvalue weighted by Crippen LogP contribution is 2.24. The standard InChI is InChI=1S/C19H22N2O2S/c1-13(2)20-19(23)16-11-7-8-12-17(16)21-18(22)14(3)24-15-9-5-4-6-10-15/h4-14H,1-3H3,(H,20,23)(H,21,22). The highest BCUT2D eigenvalue weighted by Gasteiger charge is 2.18. The number of amides is 2. The summed E-state index contributed by atoms with van der Waals surface area (Å²) < 4.78 is 0. The Labute approximate surface area is 147 Å². The van der Waals surface area contributed by atoms with E-state index < -0.39 is 0 Å². The normalized spacial score (nSPS) is 11.8. The number of hydrogen-bond acceptors (Lipinski definition) is 3. The van der Waals surface area contributed by atoms with Crippen molar-refractivity contribution in [1.82, 2.24) is 5.32 Å². The van der Waals surface area contributed by atoms with Gasteiger partial charge in [0.25, 0.3) is 5.91 Å². The fourth-order valence-electron chi connectivity index (χ4n) is 2.12. The second-order valence-corrected chi connectivity index (χ2v) is 7.15. The fraction of sp³-hybridized carbons (Fsp3) is 0.263. The Balaban J connectivity index is 2.07. The molecule has 0 spiro atoms. The Morgan fingerprint density at radius 1 is 0.917 bits per heavy atom. The van der Waals surface area contributed by atoms with E-state index in [9.17, 15) is 9.59 Å². The lowest BCUT2D eigenvalue weighted by atomic mass is 10.1. The smallest absolute Gasteiger partial charge is 0.253 e. The first-order valence-corrected chi connectivity index (χ1v) is 8.78. The van der Waals surface area contributed by atoms with Gasteiger partial charge in [-0.05, 0) is 45.0 Å². The molecule has 5 heteroatoms. The minimum Gasteiger partial charge on any atom is -0.350 e. The molecule has 0 aliphatic carbocycles. The molecule has 2 amide bonds. The van der Waals surface area contributed by atoms with E-state index in [2.05, 4.69) is 10.6 Å². The molecule has 0 bridgehead atoms. The van der Waals surface area contributed by atoms with Crippen LogP contribution in [0.3, 0.4) is 0 Å². The summed E-state index contributed by atoms with van der Waals surface area (Å²) in [4.78, 5) is 25.7. The number of anilines is 1. The summed E-state index contributed by atoms with van der Waals surface area (Å²) in [5.41, 5.74) is 0.998. The van der Waals surface area contributed by atoms with Crippen LogP contribution in [-0.2, 0) is 4.79 Å². The van der Waals surface area contributed by atoms with Crippen LogP contribution in [0.5, 0.6) is 0 Å². The van der Waals surface area contributed by atoms with E-state index >= 15 is 0 Å². The molecule has 0 saturated heterocycles. The molecule has 2 rings (SSSR count). The predicted molar refractivity (Wildman–Crippen MR) is 99.4 cm³/mol. The average molecular weight is 342 g/mol. The Bertz CT molecular complexity index is 702. The second-order valence-electron chi connectivity index (χ2n) is 5.74. The minimum absolute atomic E-state index is 0.0359. The van der Waals surface area contributed by atoms with Crippen molar-refractivity contribution in [3.63, 3.8) is 0 Å². The monoisotopic (exact) mass is 342 g/mol. The van der Waals surface area contributed by atoms with Crippen LogP contribution in [0.25, 0.3) is 0 Å². The van der Waals surface area contributed by atoms with Gasteiger partial charge in [-0.2, -0.15) is 0 Å². The zero-order valence-corrected chi connectivity index (χ0v) is 14.9. The SMILES string of the molecule is CC(C)NC(=O)c1ccccc1NC(=O)C(C)Sc1ccccc1. The zero-order chi connectivity index (χ0) is 17.5. The van der Waals surface area contributed by atoms with Gasteiger partial charge in [0, 0.05) is 10.9 Å². The first-order chi connectivity index (χ1) is 11.5. The van der Waals surface area contributed by atoms with Gasteiger partial charge in [0.1, 0.15) is 0 Å². The molecule has 0 fully saturated rings. The van der Waals surface area contributed by atoms with Crippen LogP contribution in [0.15, 0.2) is 59.5 Å². The van der Waals surface area contributed by atoms with Gasteiger partial charge in [-0.15, -0.1) is 11.8 Å². The van der Waals surface area contributed by atoms with E-state index in [1.165, 1.54) is 11.8 Å². The second kappa shape index (κ2) is 8.55. The third-order valence-corrected chi connectivity index (χ3v) is 4.39. The molecule has 126 valence electrons. The molecule has 0 radical (unpaired) electrons. The van der Waals surface area contributed by atoms with Crippen LogP contribution < -0.4 is 10.6 Å². The summed E-state index contributed by atoms with van der Waals surface area (Å²) in [6, 6.07) is 16.8. The lowest BCUT2D eigenvalue weighted by Gasteiger charge is -2.15. The molecule has 0 aromatic heterocycles. The van der Waals surface area contributed by atoms with Gasteiger partial charge in [0.2, 0.25) is 5.91 Å². The van der Waals surface area contributed by atoms with Crippen LogP contribution in [-0.4, -0.2) is 23.1 Å². The van der Waals surface area contributed by atoms with E-state index in [1.54, 1.807) is 24.3 Å². The molecule has 1 atom stereocenters. The van der Waals surface area contributed by atoms with E-state index in [4.69, 9.17) is 0 Å². The number of rotatable bonds is 6. The van der Waals surface area contributed by atoms with Crippen molar-refractivity contribution in [1.29, 1.82) is 0 Å². The summed E-state index contributed by atoms with van der Waals surface area (Å²) in [6.45, 7) is 5.65. The largest absolute Gasteiger partial charge is 0.350 e. The molecule has 2 aromatic carbocycles. The van der Waals surface area contributed by atoms with Crippen LogP contribution >= 0.6 is 11.8 Å². The van der Waals surface area contributed by atoms with Crippen LogP contribution in [0, 0.1) is 0 Å². The molecular formula is C19H22N2O2S. The molecule has 2 aromatic rings. The van der Waals surface area contributed by atoms with E-state index in [1.807, 2.05) is 51.1 Å². The van der Waals surface area contributed by atoms with Gasteiger partial charge < -0.3 is 10.6 Å². The minimum atomic E-state index is -0.270. The molecule has 4 nitrogen and oxygen atoms in total. The lowest BCUT2D eigenvalue weighted by molar-refractivity contribution is -0.115. The molecular weight excluding hydrogens is 320 g/mol. The van der Waals surface area contributed by atoms with Gasteiger partial charge in [-0.1, -0.05) is 30.3 Å². The molecule has 0 saturated carbocycles. The van der Waals surface area contributed by atoms with Gasteiger partial charge in [-0.3, -0.25) is 9.59 Å². The van der Waals surface area contributed by atoms with Crippen LogP contribution in [0.2, 0.25) is 0 Å². The maximum absolute atomic E-state index is 12.5. The third-order valence-electron chi connectivity index (χ3n) is 3.27. The van der Waals surface area contributed by atoms with E-state index in [0.717, 1.165) is 4.90 Å². The number of carbonyl (C=O) groups excluding carboxylic acids is 2. The van der Waals surface area contributed by atoms with Gasteiger partial charge in [0.15, 0.2) is 0 Å². The van der Waals surface area contributed by atoms with Gasteiger partial charge in [0.05, 0.1) is 16.5 Å². The Morgan fingerprint density at radius 2 is 1.54 bits per heavy atom. The van der Waals surface area contributed by atoms with Crippen molar-refractivity contribution in [3.8, 4) is 0 Å². The zero-order valence-electron chi connectivity index (χ0n) is 14.1. The van der Waals surface area contributed by atoms with Crippen molar-refractivity contribution in [2.45, 2.75) is 37.0 Å². The third kappa shape index (κ3) is 5.13. The maximum Gasteiger partial charge on any atom is 0.253 e. The van der Waals surface area contributed by atoms with Crippen LogP contribution in [0.4, 0.5) is 5.69 Å². The quantitative estimate of drug-likeness (QED) is 0.782. The number of carbonyl (C=O) groups is 2. The van der Waals surface area contributed by atoms with E-state index in [0.29, 0.717) is 11.3 Å². The molecule has 0 aliphatic heterocycles. The molecule has 1 unspecified atom stereocenters. The van der Waals surface area contributed by atoms with E-state index in [-0.39, 0.29) is 23.1 Å². The number of thioether (sulfide) groups is 1. The van der Waals surface area contributed by atoms with Crippen molar-refractivity contribution in [3.05, 3.63) is 60.2 Å². The van der Waals surface area contributed by atoms with Gasteiger partial charge in [-0.25, -0.2) is 0 Å². The van der Waals surface area contributed by atoms with Crippen LogP contribution in [0.1, 0.15) is 31.1 Å². The molecule has 0 aliphatic rings. The highest BCUT2D eigenvalue weighted by molar-refractivity contribution is 8.00. The van der Waals surface area contributed by atoms with Crippen molar-refractivity contribution in [2.24, 2.45) is 0 Å². The number of benzene rings is 2. The molecule has 24 heavy (non-hydrogen) atoms. The maximum atomic E-state index is 12.5. The number of nitrogens with one attached hydrogen (secondary N) is 2. The summed E-state index contributed by atoms with van der Waals surface area (Å²) >= 11 is 1.48. The highest BCUT2D eigenvalue weighted by atomic mass is 32.2. The number of hydrogen-bond donors (Lipinski definition) is 2. The fourth-order valence-corrected chi connectivity index (χ4v) is 3.01. The molecule has 0 heterocycles. The van der Waals surface area contributed by atoms with Gasteiger partial charge >= 0.3 is 0 Å². The average Bonchev–Trinajstić information content (AvgIpc) is 2.55.